The van der Waals surface area contributed by atoms with Gasteiger partial charge in [0.2, 0.25) is 11.8 Å². The zero-order valence-corrected chi connectivity index (χ0v) is 23.0. The molecule has 1 aromatic heterocycles. The summed E-state index contributed by atoms with van der Waals surface area (Å²) in [4.78, 5) is 32.0. The average Bonchev–Trinajstić information content (AvgIpc) is 3.35. The fraction of sp³-hybridized carbons (Fsp3) is 0.310. The van der Waals surface area contributed by atoms with Crippen molar-refractivity contribution in [1.82, 2.24) is 10.3 Å². The third kappa shape index (κ3) is 4.65. The number of carbonyl (C=O) groups excluding carboxylic acids is 2. The number of carbonyl (C=O) groups is 2. The van der Waals surface area contributed by atoms with Crippen LogP contribution in [-0.4, -0.2) is 28.9 Å². The lowest BCUT2D eigenvalue weighted by Crippen LogP contribution is -2.49. The number of hydrogen-bond donors (Lipinski definition) is 3. The molecule has 5 rings (SSSR count). The van der Waals surface area contributed by atoms with Crippen LogP contribution in [0.1, 0.15) is 49.9 Å². The average molecular weight is 566 g/mol. The van der Waals surface area contributed by atoms with Crippen LogP contribution in [0, 0.1) is 22.6 Å². The Kier molecular flexibility index (Phi) is 6.88. The number of nitriles is 1. The van der Waals surface area contributed by atoms with Crippen molar-refractivity contribution in [1.29, 1.82) is 5.26 Å². The highest BCUT2D eigenvalue weighted by Crippen LogP contribution is 2.57. The molecule has 1 saturated heterocycles. The lowest BCUT2D eigenvalue weighted by molar-refractivity contribution is -0.122. The molecule has 2 aromatic carbocycles. The quantitative estimate of drug-likeness (QED) is 0.371. The van der Waals surface area contributed by atoms with Crippen molar-refractivity contribution >= 4 is 46.4 Å². The van der Waals surface area contributed by atoms with Crippen LogP contribution in [0.25, 0.3) is 0 Å². The van der Waals surface area contributed by atoms with E-state index in [1.165, 1.54) is 18.3 Å². The molecule has 200 valence electrons. The largest absolute Gasteiger partial charge is 0.325 e. The smallest absolute Gasteiger partial charge is 0.242 e. The second kappa shape index (κ2) is 9.91. The summed E-state index contributed by atoms with van der Waals surface area (Å²) < 4.78 is 15.8. The van der Waals surface area contributed by atoms with Crippen LogP contribution >= 0.6 is 23.2 Å². The van der Waals surface area contributed by atoms with E-state index in [1.54, 1.807) is 36.4 Å². The molecular weight excluding hydrogens is 540 g/mol. The van der Waals surface area contributed by atoms with Gasteiger partial charge in [-0.2, -0.15) is 5.26 Å². The highest BCUT2D eigenvalue weighted by Gasteiger charge is 2.66. The fourth-order valence-electron chi connectivity index (χ4n) is 5.91. The van der Waals surface area contributed by atoms with Gasteiger partial charge in [-0.3, -0.25) is 9.59 Å². The van der Waals surface area contributed by atoms with Gasteiger partial charge in [0, 0.05) is 22.7 Å². The second-order valence-corrected chi connectivity index (χ2v) is 12.0. The summed E-state index contributed by atoms with van der Waals surface area (Å²) in [5.41, 5.74) is 0.290. The molecule has 1 unspecified atom stereocenters. The molecule has 0 aliphatic carbocycles. The molecular formula is C29H26Cl2FN5O2. The van der Waals surface area contributed by atoms with Crippen molar-refractivity contribution in [2.45, 2.75) is 50.6 Å². The predicted molar refractivity (Wildman–Crippen MR) is 148 cm³/mol. The number of halogens is 3. The van der Waals surface area contributed by atoms with Gasteiger partial charge in [0.05, 0.1) is 22.9 Å². The molecule has 0 saturated carbocycles. The van der Waals surface area contributed by atoms with Crippen LogP contribution in [-0.2, 0) is 15.0 Å². The van der Waals surface area contributed by atoms with Crippen LogP contribution < -0.4 is 16.0 Å². The van der Waals surface area contributed by atoms with Gasteiger partial charge in [0.25, 0.3) is 0 Å². The first-order chi connectivity index (χ1) is 18.5. The van der Waals surface area contributed by atoms with E-state index in [0.717, 1.165) is 0 Å². The summed E-state index contributed by atoms with van der Waals surface area (Å²) in [6, 6.07) is 13.2. The maximum Gasteiger partial charge on any atom is 0.242 e. The molecule has 0 radical (unpaired) electrons. The number of pyridine rings is 1. The highest BCUT2D eigenvalue weighted by molar-refractivity contribution is 6.31. The molecule has 3 heterocycles. The van der Waals surface area contributed by atoms with E-state index in [4.69, 9.17) is 28.5 Å². The van der Waals surface area contributed by atoms with Gasteiger partial charge in [-0.1, -0.05) is 62.2 Å². The Bertz CT molecular complexity index is 1520. The molecule has 39 heavy (non-hydrogen) atoms. The van der Waals surface area contributed by atoms with Gasteiger partial charge < -0.3 is 16.0 Å². The van der Waals surface area contributed by atoms with Crippen LogP contribution in [0.4, 0.5) is 15.8 Å². The molecule has 10 heteroatoms. The van der Waals surface area contributed by atoms with Crippen molar-refractivity contribution < 1.29 is 14.0 Å². The third-order valence-electron chi connectivity index (χ3n) is 7.37. The minimum absolute atomic E-state index is 0.105. The maximum absolute atomic E-state index is 15.8. The SMILES string of the molecule is CC(C)(C)C[C@@H]1N[C@@H](C(=O)Nc2ccc(C#N)nc2)[C@@H](c2cccc(Cl)c2F)C12C(=O)Nc1cc(Cl)ccc12. The number of nitrogens with one attached hydrogen (secondary N) is 3. The van der Waals surface area contributed by atoms with Crippen molar-refractivity contribution in [3.05, 3.63) is 87.4 Å². The van der Waals surface area contributed by atoms with Crippen molar-refractivity contribution in [2.75, 3.05) is 10.6 Å². The molecule has 2 aliphatic rings. The number of anilines is 2. The third-order valence-corrected chi connectivity index (χ3v) is 7.89. The topological polar surface area (TPSA) is 107 Å². The van der Waals surface area contributed by atoms with Gasteiger partial charge >= 0.3 is 0 Å². The van der Waals surface area contributed by atoms with Crippen LogP contribution in [0.5, 0.6) is 0 Å². The lowest BCUT2D eigenvalue weighted by atomic mass is 9.62. The number of hydrogen-bond acceptors (Lipinski definition) is 5. The second-order valence-electron chi connectivity index (χ2n) is 11.1. The molecule has 7 nitrogen and oxygen atoms in total. The van der Waals surface area contributed by atoms with E-state index in [9.17, 15) is 9.59 Å². The molecule has 2 amide bonds. The molecule has 4 atom stereocenters. The Morgan fingerprint density at radius 1 is 1.21 bits per heavy atom. The normalized spacial score (nSPS) is 23.8. The Hall–Kier alpha value is -3.51. The van der Waals surface area contributed by atoms with E-state index < -0.39 is 35.1 Å². The molecule has 1 fully saturated rings. The summed E-state index contributed by atoms with van der Waals surface area (Å²) in [7, 11) is 0. The molecule has 0 bridgehead atoms. The number of amides is 2. The Balaban J connectivity index is 1.71. The van der Waals surface area contributed by atoms with Crippen LogP contribution in [0.2, 0.25) is 10.0 Å². The van der Waals surface area contributed by atoms with Gasteiger partial charge in [-0.05, 0) is 53.3 Å². The van der Waals surface area contributed by atoms with Crippen LogP contribution in [0.15, 0.2) is 54.7 Å². The molecule has 3 aromatic rings. The van der Waals surface area contributed by atoms with Crippen molar-refractivity contribution in [3.8, 4) is 6.07 Å². The van der Waals surface area contributed by atoms with E-state index in [-0.39, 0.29) is 27.6 Å². The minimum atomic E-state index is -1.34. The number of benzene rings is 2. The van der Waals surface area contributed by atoms with E-state index in [2.05, 4.69) is 20.9 Å². The highest BCUT2D eigenvalue weighted by atomic mass is 35.5. The number of aromatic nitrogens is 1. The predicted octanol–water partition coefficient (Wildman–Crippen LogP) is 5.79. The number of nitrogens with zero attached hydrogens (tertiary/aromatic N) is 2. The fourth-order valence-corrected chi connectivity index (χ4v) is 6.26. The summed E-state index contributed by atoms with van der Waals surface area (Å²) >= 11 is 12.5. The summed E-state index contributed by atoms with van der Waals surface area (Å²) in [6.07, 6.45) is 1.88. The summed E-state index contributed by atoms with van der Waals surface area (Å²) in [5.74, 6) is -2.47. The zero-order chi connectivity index (χ0) is 28.1. The monoisotopic (exact) mass is 565 g/mol. The Morgan fingerprint density at radius 3 is 2.64 bits per heavy atom. The molecule has 2 aliphatic heterocycles. The zero-order valence-electron chi connectivity index (χ0n) is 21.5. The number of rotatable bonds is 4. The first kappa shape index (κ1) is 27.1. The van der Waals surface area contributed by atoms with Gasteiger partial charge in [-0.25, -0.2) is 9.37 Å². The first-order valence-electron chi connectivity index (χ1n) is 12.4. The van der Waals surface area contributed by atoms with Gasteiger partial charge in [0.15, 0.2) is 0 Å². The number of fused-ring (bicyclic) bond motifs is 2. The van der Waals surface area contributed by atoms with Crippen molar-refractivity contribution in [2.24, 2.45) is 5.41 Å². The molecule has 1 spiro atoms. The Labute approximate surface area is 235 Å². The standard InChI is InChI=1S/C29H26Cl2FN5O2/c1-28(2,3)12-22-29(19-10-7-15(30)11-21(19)36-27(29)39)23(18-5-4-6-20(31)24(18)32)25(37-22)26(38)35-17-9-8-16(13-33)34-14-17/h4-11,14,22-23,25,37H,12H2,1-3H3,(H,35,38)(H,36,39)/t22-,23+,25+,29?/m0/s1. The van der Waals surface area contributed by atoms with Gasteiger partial charge in [0.1, 0.15) is 23.0 Å². The maximum atomic E-state index is 15.8. The summed E-state index contributed by atoms with van der Waals surface area (Å²) in [6.45, 7) is 6.13. The minimum Gasteiger partial charge on any atom is -0.325 e. The van der Waals surface area contributed by atoms with E-state index in [1.807, 2.05) is 26.8 Å². The summed E-state index contributed by atoms with van der Waals surface area (Å²) in [5, 5.41) is 18.6. The van der Waals surface area contributed by atoms with Gasteiger partial charge in [-0.15, -0.1) is 0 Å². The van der Waals surface area contributed by atoms with E-state index >= 15 is 4.39 Å². The van der Waals surface area contributed by atoms with E-state index in [0.29, 0.717) is 28.4 Å². The molecule has 3 N–H and O–H groups in total. The van der Waals surface area contributed by atoms with Crippen molar-refractivity contribution in [3.63, 3.8) is 0 Å². The first-order valence-corrected chi connectivity index (χ1v) is 13.2. The Morgan fingerprint density at radius 2 is 1.97 bits per heavy atom. The van der Waals surface area contributed by atoms with Crippen LogP contribution in [0.3, 0.4) is 0 Å². The lowest BCUT2D eigenvalue weighted by Gasteiger charge is -2.37.